The summed E-state index contributed by atoms with van der Waals surface area (Å²) in [6.45, 7) is 5.47. The molecule has 1 aliphatic heterocycles. The maximum absolute atomic E-state index is 12.2. The van der Waals surface area contributed by atoms with Gasteiger partial charge < -0.3 is 20.1 Å². The van der Waals surface area contributed by atoms with Crippen LogP contribution < -0.4 is 20.1 Å². The number of carbonyl (C=O) groups is 1. The summed E-state index contributed by atoms with van der Waals surface area (Å²) in [5.41, 5.74) is 2.71. The van der Waals surface area contributed by atoms with E-state index in [4.69, 9.17) is 21.1 Å². The zero-order valence-electron chi connectivity index (χ0n) is 21.6. The first-order chi connectivity index (χ1) is 19.5. The van der Waals surface area contributed by atoms with E-state index in [-0.39, 0.29) is 5.91 Å². The molecule has 11 heteroatoms. The standard InChI is InChI=1S/C29H28ClIN6O3/c1-2-28(38)36-25-13-22-24(14-27(25)40-16-21-7-5-11-37(21)17-31)33-18-34-29(22)35-19-8-9-26(23(30)12-19)39-15-20-6-3-4-10-32-20/h2-4,6,8-10,12-14,18,21H,1,5,7,11,15-17H2,(H,36,38)(H,33,34,35). The predicted octanol–water partition coefficient (Wildman–Crippen LogP) is 6.36. The number of anilines is 3. The van der Waals surface area contributed by atoms with Crippen LogP contribution in [0.1, 0.15) is 18.5 Å². The van der Waals surface area contributed by atoms with Gasteiger partial charge in [0.15, 0.2) is 0 Å². The number of rotatable bonds is 11. The van der Waals surface area contributed by atoms with Crippen LogP contribution in [0.3, 0.4) is 0 Å². The summed E-state index contributed by atoms with van der Waals surface area (Å²) in [5, 5.41) is 7.32. The van der Waals surface area contributed by atoms with E-state index in [1.54, 1.807) is 18.3 Å². The summed E-state index contributed by atoms with van der Waals surface area (Å²) < 4.78 is 13.0. The smallest absolute Gasteiger partial charge is 0.247 e. The molecule has 5 rings (SSSR count). The molecular formula is C29H28ClIN6O3. The molecular weight excluding hydrogens is 643 g/mol. The number of fused-ring (bicyclic) bond motifs is 1. The molecule has 0 radical (unpaired) electrons. The van der Waals surface area contributed by atoms with Crippen LogP contribution in [0.25, 0.3) is 10.9 Å². The van der Waals surface area contributed by atoms with Gasteiger partial charge in [-0.1, -0.05) is 46.8 Å². The Balaban J connectivity index is 1.37. The number of ether oxygens (including phenoxy) is 2. The Labute approximate surface area is 251 Å². The molecule has 0 aliphatic carbocycles. The molecule has 3 heterocycles. The Morgan fingerprint density at radius 2 is 2.05 bits per heavy atom. The second-order valence-corrected chi connectivity index (χ2v) is 10.3. The lowest BCUT2D eigenvalue weighted by molar-refractivity contribution is -0.111. The number of likely N-dealkylation sites (tertiary alicyclic amines) is 1. The van der Waals surface area contributed by atoms with Crippen molar-refractivity contribution in [3.8, 4) is 11.5 Å². The highest BCUT2D eigenvalue weighted by atomic mass is 127. The minimum atomic E-state index is -0.335. The normalized spacial score (nSPS) is 15.1. The van der Waals surface area contributed by atoms with Crippen molar-refractivity contribution in [3.63, 3.8) is 0 Å². The van der Waals surface area contributed by atoms with Crippen molar-refractivity contribution in [1.29, 1.82) is 0 Å². The number of aromatic nitrogens is 3. The number of amides is 1. The molecule has 1 saturated heterocycles. The van der Waals surface area contributed by atoms with Crippen LogP contribution >= 0.6 is 34.2 Å². The Morgan fingerprint density at radius 3 is 2.83 bits per heavy atom. The molecule has 2 aromatic carbocycles. The third-order valence-electron chi connectivity index (χ3n) is 6.56. The molecule has 206 valence electrons. The lowest BCUT2D eigenvalue weighted by Crippen LogP contribution is -2.33. The molecule has 1 atom stereocenters. The van der Waals surface area contributed by atoms with Crippen molar-refractivity contribution in [2.75, 3.05) is 28.3 Å². The van der Waals surface area contributed by atoms with E-state index in [0.29, 0.717) is 63.9 Å². The highest BCUT2D eigenvalue weighted by Crippen LogP contribution is 2.35. The van der Waals surface area contributed by atoms with Gasteiger partial charge in [-0.2, -0.15) is 0 Å². The highest BCUT2D eigenvalue weighted by molar-refractivity contribution is 14.1. The first-order valence-electron chi connectivity index (χ1n) is 12.8. The Bertz CT molecular complexity index is 1510. The minimum absolute atomic E-state index is 0.310. The molecule has 0 saturated carbocycles. The predicted molar refractivity (Wildman–Crippen MR) is 166 cm³/mol. The number of pyridine rings is 1. The van der Waals surface area contributed by atoms with Gasteiger partial charge in [0.05, 0.1) is 26.5 Å². The van der Waals surface area contributed by atoms with Crippen LogP contribution in [0.2, 0.25) is 5.02 Å². The molecule has 1 amide bonds. The molecule has 40 heavy (non-hydrogen) atoms. The van der Waals surface area contributed by atoms with Crippen LogP contribution in [0.15, 0.2) is 73.7 Å². The van der Waals surface area contributed by atoms with E-state index in [1.807, 2.05) is 36.4 Å². The number of halogens is 2. The van der Waals surface area contributed by atoms with E-state index in [1.165, 1.54) is 12.4 Å². The number of nitrogens with zero attached hydrogens (tertiary/aromatic N) is 4. The van der Waals surface area contributed by atoms with Crippen molar-refractivity contribution >= 4 is 68.2 Å². The molecule has 9 nitrogen and oxygen atoms in total. The monoisotopic (exact) mass is 670 g/mol. The molecule has 2 N–H and O–H groups in total. The first-order valence-corrected chi connectivity index (χ1v) is 14.7. The lowest BCUT2D eigenvalue weighted by Gasteiger charge is -2.23. The molecule has 4 aromatic rings. The van der Waals surface area contributed by atoms with Gasteiger partial charge in [-0.05, 0) is 61.9 Å². The maximum atomic E-state index is 12.2. The molecule has 0 spiro atoms. The fourth-order valence-electron chi connectivity index (χ4n) is 4.48. The topological polar surface area (TPSA) is 102 Å². The largest absolute Gasteiger partial charge is 0.490 e. The molecule has 1 fully saturated rings. The van der Waals surface area contributed by atoms with Crippen molar-refractivity contribution in [3.05, 3.63) is 84.4 Å². The number of hydrogen-bond acceptors (Lipinski definition) is 8. The molecule has 1 unspecified atom stereocenters. The Hall–Kier alpha value is -3.48. The third-order valence-corrected chi connectivity index (χ3v) is 7.73. The highest BCUT2D eigenvalue weighted by Gasteiger charge is 2.24. The molecule has 1 aliphatic rings. The van der Waals surface area contributed by atoms with Crippen LogP contribution in [-0.2, 0) is 11.4 Å². The van der Waals surface area contributed by atoms with E-state index >= 15 is 0 Å². The minimum Gasteiger partial charge on any atom is -0.490 e. The summed E-state index contributed by atoms with van der Waals surface area (Å²) in [6.07, 6.45) is 6.66. The summed E-state index contributed by atoms with van der Waals surface area (Å²) in [4.78, 5) is 27.8. The van der Waals surface area contributed by atoms with Crippen LogP contribution in [0.4, 0.5) is 17.2 Å². The molecule has 2 aromatic heterocycles. The zero-order chi connectivity index (χ0) is 27.9. The van der Waals surface area contributed by atoms with Gasteiger partial charge in [0.1, 0.15) is 36.9 Å². The number of nitrogens with one attached hydrogen (secondary N) is 2. The maximum Gasteiger partial charge on any atom is 0.247 e. The number of benzene rings is 2. The second-order valence-electron chi connectivity index (χ2n) is 9.20. The summed E-state index contributed by atoms with van der Waals surface area (Å²) in [7, 11) is 0. The van der Waals surface area contributed by atoms with Gasteiger partial charge in [0.25, 0.3) is 0 Å². The average molecular weight is 671 g/mol. The average Bonchev–Trinajstić information content (AvgIpc) is 3.44. The summed E-state index contributed by atoms with van der Waals surface area (Å²) in [5.74, 6) is 1.31. The fraction of sp³-hybridized carbons (Fsp3) is 0.241. The second kappa shape index (κ2) is 13.2. The van der Waals surface area contributed by atoms with Gasteiger partial charge in [-0.3, -0.25) is 14.7 Å². The van der Waals surface area contributed by atoms with Gasteiger partial charge >= 0.3 is 0 Å². The quantitative estimate of drug-likeness (QED) is 0.0823. The number of alkyl halides is 1. The Kier molecular flexibility index (Phi) is 9.30. The van der Waals surface area contributed by atoms with Crippen molar-refractivity contribution < 1.29 is 14.3 Å². The van der Waals surface area contributed by atoms with Crippen molar-refractivity contribution in [1.82, 2.24) is 19.9 Å². The molecule has 0 bridgehead atoms. The Morgan fingerprint density at radius 1 is 1.15 bits per heavy atom. The van der Waals surface area contributed by atoms with E-state index in [0.717, 1.165) is 29.6 Å². The van der Waals surface area contributed by atoms with Gasteiger partial charge in [0, 0.05) is 29.4 Å². The zero-order valence-corrected chi connectivity index (χ0v) is 24.6. The van der Waals surface area contributed by atoms with Crippen LogP contribution in [0.5, 0.6) is 11.5 Å². The van der Waals surface area contributed by atoms with Gasteiger partial charge in [0.2, 0.25) is 5.91 Å². The summed E-state index contributed by atoms with van der Waals surface area (Å²) >= 11 is 8.89. The van der Waals surface area contributed by atoms with Crippen molar-refractivity contribution in [2.24, 2.45) is 0 Å². The fourth-order valence-corrected chi connectivity index (χ4v) is 5.61. The summed E-state index contributed by atoms with van der Waals surface area (Å²) in [6, 6.07) is 15.0. The SMILES string of the molecule is C=CC(=O)Nc1cc2c(Nc3ccc(OCc4ccccn4)c(Cl)c3)ncnc2cc1OCC1CCCN1CI. The third kappa shape index (κ3) is 6.80. The lowest BCUT2D eigenvalue weighted by atomic mass is 10.1. The first kappa shape index (κ1) is 28.1. The van der Waals surface area contributed by atoms with E-state index < -0.39 is 0 Å². The number of hydrogen-bond donors (Lipinski definition) is 2. The van der Waals surface area contributed by atoms with Gasteiger partial charge in [-0.25, -0.2) is 9.97 Å². The van der Waals surface area contributed by atoms with E-state index in [2.05, 4.69) is 59.7 Å². The van der Waals surface area contributed by atoms with E-state index in [9.17, 15) is 4.79 Å². The number of carbonyl (C=O) groups excluding carboxylic acids is 1. The van der Waals surface area contributed by atoms with Crippen LogP contribution in [0, 0.1) is 0 Å². The van der Waals surface area contributed by atoms with Crippen LogP contribution in [-0.4, -0.2) is 49.5 Å². The van der Waals surface area contributed by atoms with Crippen molar-refractivity contribution in [2.45, 2.75) is 25.5 Å². The van der Waals surface area contributed by atoms with Gasteiger partial charge in [-0.15, -0.1) is 0 Å².